The third-order valence-corrected chi connectivity index (χ3v) is 4.88. The third kappa shape index (κ3) is 11.9. The summed E-state index contributed by atoms with van der Waals surface area (Å²) in [5.41, 5.74) is 0. The van der Waals surface area contributed by atoms with Crippen molar-refractivity contribution in [2.45, 2.75) is 76.3 Å². The van der Waals surface area contributed by atoms with E-state index in [-0.39, 0.29) is 49.3 Å². The molecule has 0 bridgehead atoms. The van der Waals surface area contributed by atoms with Crippen molar-refractivity contribution in [2.24, 2.45) is 0 Å². The van der Waals surface area contributed by atoms with E-state index in [1.54, 1.807) is 0 Å². The number of rotatable bonds is 16. The highest BCUT2D eigenvalue weighted by atomic mass is 16.4. The molecular weight excluding hydrogens is 424 g/mol. The van der Waals surface area contributed by atoms with Crippen molar-refractivity contribution >= 4 is 35.6 Å². The zero-order valence-electron chi connectivity index (χ0n) is 18.0. The number of unbranched alkanes of at least 4 members (excludes halogenated alkanes) is 2. The largest absolute Gasteiger partial charge is 0.481 e. The molecular formula is C20H32N4O8. The molecule has 0 saturated carbocycles. The highest BCUT2D eigenvalue weighted by Crippen LogP contribution is 2.10. The summed E-state index contributed by atoms with van der Waals surface area (Å²) in [6.07, 6.45) is 2.67. The van der Waals surface area contributed by atoms with Crippen LogP contribution in [0.2, 0.25) is 0 Å². The Hall–Kier alpha value is -3.18. The minimum Gasteiger partial charge on any atom is -0.481 e. The van der Waals surface area contributed by atoms with Crippen molar-refractivity contribution in [1.29, 1.82) is 0 Å². The second-order valence-corrected chi connectivity index (χ2v) is 7.60. The fraction of sp³-hybridized carbons (Fsp3) is 0.700. The fourth-order valence-corrected chi connectivity index (χ4v) is 3.10. The quantitative estimate of drug-likeness (QED) is 0.164. The molecule has 1 fully saturated rings. The number of carboxylic acids is 2. The molecule has 0 spiro atoms. The predicted octanol–water partition coefficient (Wildman–Crippen LogP) is -0.728. The molecule has 1 rings (SSSR count). The van der Waals surface area contributed by atoms with Crippen LogP contribution in [0.25, 0.3) is 0 Å². The standard InChI is InChI=1S/C20H32N4O8/c25-15(7-9-17(27)28)21-11-3-1-5-13-19(31)24-14(20(32)23-13)6-2-4-12-22-16(26)8-10-18(29)30/h13-14H,1-12H2,(H,21,25)(H,22,26)(H,23,32)(H,24,31)(H,27,28)(H,29,30). The number of amides is 4. The van der Waals surface area contributed by atoms with E-state index in [1.807, 2.05) is 0 Å². The van der Waals surface area contributed by atoms with Gasteiger partial charge in [0.25, 0.3) is 0 Å². The Balaban J connectivity index is 2.14. The highest BCUT2D eigenvalue weighted by Gasteiger charge is 2.32. The van der Waals surface area contributed by atoms with E-state index in [2.05, 4.69) is 21.3 Å². The lowest BCUT2D eigenvalue weighted by molar-refractivity contribution is -0.139. The van der Waals surface area contributed by atoms with Crippen LogP contribution in [0.1, 0.15) is 64.2 Å². The summed E-state index contributed by atoms with van der Waals surface area (Å²) in [5.74, 6) is -3.25. The average Bonchev–Trinajstić information content (AvgIpc) is 2.73. The van der Waals surface area contributed by atoms with Gasteiger partial charge in [-0.1, -0.05) is 0 Å². The molecule has 1 heterocycles. The van der Waals surface area contributed by atoms with E-state index in [0.717, 1.165) is 0 Å². The van der Waals surface area contributed by atoms with Gasteiger partial charge in [-0.15, -0.1) is 0 Å². The lowest BCUT2D eigenvalue weighted by atomic mass is 10.0. The number of hydrogen-bond donors (Lipinski definition) is 6. The highest BCUT2D eigenvalue weighted by molar-refractivity contribution is 5.96. The Morgan fingerprint density at radius 1 is 0.656 bits per heavy atom. The van der Waals surface area contributed by atoms with Gasteiger partial charge in [0.05, 0.1) is 12.8 Å². The molecule has 0 aromatic rings. The summed E-state index contributed by atoms with van der Waals surface area (Å²) in [5, 5.41) is 27.7. The first kappa shape index (κ1) is 26.9. The first-order chi connectivity index (χ1) is 15.2. The van der Waals surface area contributed by atoms with E-state index in [9.17, 15) is 28.8 Å². The Kier molecular flexibility index (Phi) is 12.4. The van der Waals surface area contributed by atoms with E-state index in [0.29, 0.717) is 51.6 Å². The summed E-state index contributed by atoms with van der Waals surface area (Å²) in [7, 11) is 0. The van der Waals surface area contributed by atoms with Gasteiger partial charge < -0.3 is 31.5 Å². The Bertz CT molecular complexity index is 639. The van der Waals surface area contributed by atoms with Crippen molar-refractivity contribution in [3.63, 3.8) is 0 Å². The normalized spacial score (nSPS) is 17.8. The zero-order valence-corrected chi connectivity index (χ0v) is 18.0. The molecule has 0 aliphatic carbocycles. The second kappa shape index (κ2) is 14.8. The van der Waals surface area contributed by atoms with Gasteiger partial charge in [0, 0.05) is 25.9 Å². The number of piperazine rings is 1. The van der Waals surface area contributed by atoms with Crippen molar-refractivity contribution in [2.75, 3.05) is 13.1 Å². The van der Waals surface area contributed by atoms with Crippen LogP contribution in [0.3, 0.4) is 0 Å². The fourth-order valence-electron chi connectivity index (χ4n) is 3.10. The number of aliphatic carboxylic acids is 2. The lowest BCUT2D eigenvalue weighted by Gasteiger charge is -2.29. The second-order valence-electron chi connectivity index (χ2n) is 7.60. The van der Waals surface area contributed by atoms with Gasteiger partial charge in [-0.25, -0.2) is 0 Å². The van der Waals surface area contributed by atoms with Crippen LogP contribution in [0.15, 0.2) is 0 Å². The van der Waals surface area contributed by atoms with Crippen molar-refractivity contribution < 1.29 is 39.0 Å². The molecule has 0 aromatic carbocycles. The first-order valence-corrected chi connectivity index (χ1v) is 10.8. The van der Waals surface area contributed by atoms with Crippen molar-refractivity contribution in [1.82, 2.24) is 21.3 Å². The molecule has 1 saturated heterocycles. The molecule has 2 unspecified atom stereocenters. The van der Waals surface area contributed by atoms with E-state index in [1.165, 1.54) is 0 Å². The summed E-state index contributed by atoms with van der Waals surface area (Å²) in [4.78, 5) is 68.1. The van der Waals surface area contributed by atoms with Gasteiger partial charge >= 0.3 is 11.9 Å². The van der Waals surface area contributed by atoms with Crippen LogP contribution < -0.4 is 21.3 Å². The Labute approximate surface area is 185 Å². The zero-order chi connectivity index (χ0) is 23.9. The molecule has 2 atom stereocenters. The minimum atomic E-state index is -1.03. The molecule has 1 aliphatic heterocycles. The first-order valence-electron chi connectivity index (χ1n) is 10.8. The van der Waals surface area contributed by atoms with Crippen LogP contribution >= 0.6 is 0 Å². The van der Waals surface area contributed by atoms with Crippen LogP contribution in [0, 0.1) is 0 Å². The van der Waals surface area contributed by atoms with Crippen LogP contribution in [-0.2, 0) is 28.8 Å². The third-order valence-electron chi connectivity index (χ3n) is 4.88. The minimum absolute atomic E-state index is 0.0745. The lowest BCUT2D eigenvalue weighted by Crippen LogP contribution is -2.61. The van der Waals surface area contributed by atoms with E-state index >= 15 is 0 Å². The summed E-state index contributed by atoms with van der Waals surface area (Å²) in [6, 6.07) is -1.26. The van der Waals surface area contributed by atoms with Gasteiger partial charge in [0.15, 0.2) is 0 Å². The van der Waals surface area contributed by atoms with Crippen LogP contribution in [0.5, 0.6) is 0 Å². The molecule has 180 valence electrons. The number of carboxylic acid groups (broad SMARTS) is 2. The Morgan fingerprint density at radius 3 is 1.38 bits per heavy atom. The molecule has 12 heteroatoms. The summed E-state index contributed by atoms with van der Waals surface area (Å²) >= 11 is 0. The van der Waals surface area contributed by atoms with Gasteiger partial charge in [-0.05, 0) is 38.5 Å². The topological polar surface area (TPSA) is 191 Å². The van der Waals surface area contributed by atoms with Crippen LogP contribution in [0.4, 0.5) is 0 Å². The number of carbonyl (C=O) groups is 6. The summed E-state index contributed by atoms with van der Waals surface area (Å²) < 4.78 is 0. The van der Waals surface area contributed by atoms with Gasteiger partial charge in [0.1, 0.15) is 12.1 Å². The monoisotopic (exact) mass is 456 g/mol. The average molecular weight is 456 g/mol. The maximum Gasteiger partial charge on any atom is 0.303 e. The molecule has 1 aliphatic rings. The SMILES string of the molecule is O=C(O)CCC(=O)NCCCCC1NC(=O)C(CCCCNC(=O)CCC(=O)O)NC1=O. The van der Waals surface area contributed by atoms with Crippen molar-refractivity contribution in [3.05, 3.63) is 0 Å². The number of hydrogen-bond acceptors (Lipinski definition) is 6. The number of carbonyl (C=O) groups excluding carboxylic acids is 4. The Morgan fingerprint density at radius 2 is 1.03 bits per heavy atom. The van der Waals surface area contributed by atoms with Gasteiger partial charge in [-0.3, -0.25) is 28.8 Å². The summed E-state index contributed by atoms with van der Waals surface area (Å²) in [6.45, 7) is 0.742. The smallest absolute Gasteiger partial charge is 0.303 e. The van der Waals surface area contributed by atoms with Gasteiger partial charge in [-0.2, -0.15) is 0 Å². The van der Waals surface area contributed by atoms with Crippen molar-refractivity contribution in [3.8, 4) is 0 Å². The molecule has 4 amide bonds. The molecule has 6 N–H and O–H groups in total. The molecule has 0 radical (unpaired) electrons. The van der Waals surface area contributed by atoms with E-state index in [4.69, 9.17) is 10.2 Å². The molecule has 12 nitrogen and oxygen atoms in total. The maximum absolute atomic E-state index is 12.2. The van der Waals surface area contributed by atoms with E-state index < -0.39 is 24.0 Å². The van der Waals surface area contributed by atoms with Gasteiger partial charge in [0.2, 0.25) is 23.6 Å². The maximum atomic E-state index is 12.2. The molecule has 32 heavy (non-hydrogen) atoms. The van der Waals surface area contributed by atoms with Crippen LogP contribution in [-0.4, -0.2) is 71.0 Å². The number of nitrogens with one attached hydrogen (secondary N) is 4. The molecule has 0 aromatic heterocycles. The predicted molar refractivity (Wildman–Crippen MR) is 111 cm³/mol.